The highest BCUT2D eigenvalue weighted by Crippen LogP contribution is 2.26. The monoisotopic (exact) mass is 216 g/mol. The van der Waals surface area contributed by atoms with Gasteiger partial charge in [-0.1, -0.05) is 17.4 Å². The number of para-hydroxylation sites is 1. The highest BCUT2D eigenvalue weighted by molar-refractivity contribution is 7.16. The molecule has 2 aromatic rings. The number of nitrogens with zero attached hydrogens (tertiary/aromatic N) is 1. The molecule has 0 unspecified atom stereocenters. The molecule has 0 radical (unpaired) electrons. The molecule has 2 N–H and O–H groups in total. The molecule has 3 nitrogen and oxygen atoms in total. The van der Waals surface area contributed by atoms with Crippen LogP contribution in [0.2, 0.25) is 0 Å². The van der Waals surface area contributed by atoms with Crippen LogP contribution in [0.5, 0.6) is 0 Å². The quantitative estimate of drug-likeness (QED) is 0.741. The smallest absolute Gasteiger partial charge is 0.322 e. The lowest BCUT2D eigenvalue weighted by Gasteiger charge is -2.02. The number of aromatic nitrogens is 1. The molecule has 74 valence electrons. The average Bonchev–Trinajstić information content (AvgIpc) is 2.42. The molecule has 0 fully saturated rings. The minimum absolute atomic E-state index is 0.123. The molecule has 2 rings (SSSR count). The molecule has 0 atom stereocenters. The summed E-state index contributed by atoms with van der Waals surface area (Å²) in [6.07, 6.45) is 0. The number of nitrogens with two attached hydrogens (primary N) is 1. The summed E-state index contributed by atoms with van der Waals surface area (Å²) in [5.74, 6) is 0. The van der Waals surface area contributed by atoms with Crippen LogP contribution in [0.3, 0.4) is 0 Å². The minimum Gasteiger partial charge on any atom is -0.397 e. The first-order valence-electron chi connectivity index (χ1n) is 3.79. The molecule has 0 saturated carbocycles. The van der Waals surface area contributed by atoms with E-state index in [2.05, 4.69) is 0 Å². The van der Waals surface area contributed by atoms with Crippen LogP contribution in [0.1, 0.15) is 6.55 Å². The molecule has 0 spiro atoms. The summed E-state index contributed by atoms with van der Waals surface area (Å²) in [5.41, 5.74) is 5.84. The summed E-state index contributed by atoms with van der Waals surface area (Å²) in [6, 6.07) is 4.72. The van der Waals surface area contributed by atoms with Gasteiger partial charge in [0.25, 0.3) is 0 Å². The summed E-state index contributed by atoms with van der Waals surface area (Å²) >= 11 is 0.769. The Morgan fingerprint density at radius 3 is 2.79 bits per heavy atom. The summed E-state index contributed by atoms with van der Waals surface area (Å²) in [5, 5.41) is 0. The van der Waals surface area contributed by atoms with Crippen molar-refractivity contribution in [3.8, 4) is 0 Å². The largest absolute Gasteiger partial charge is 0.397 e. The summed E-state index contributed by atoms with van der Waals surface area (Å²) in [7, 11) is 0. The van der Waals surface area contributed by atoms with E-state index >= 15 is 0 Å². The van der Waals surface area contributed by atoms with Crippen molar-refractivity contribution < 1.29 is 8.78 Å². The zero-order valence-corrected chi connectivity index (χ0v) is 7.72. The lowest BCUT2D eigenvalue weighted by molar-refractivity contribution is 0.0730. The van der Waals surface area contributed by atoms with Crippen LogP contribution in [-0.4, -0.2) is 4.57 Å². The number of nitrogen functional groups attached to an aromatic ring is 1. The second-order valence-electron chi connectivity index (χ2n) is 2.71. The predicted octanol–water partition coefficient (Wildman–Crippen LogP) is 2.04. The van der Waals surface area contributed by atoms with E-state index in [-0.39, 0.29) is 11.2 Å². The van der Waals surface area contributed by atoms with Crippen molar-refractivity contribution in [2.45, 2.75) is 6.55 Å². The van der Waals surface area contributed by atoms with Gasteiger partial charge in [0.1, 0.15) is 0 Å². The van der Waals surface area contributed by atoms with E-state index in [1.54, 1.807) is 12.1 Å². The molecular formula is C8H6F2N2OS. The number of benzene rings is 1. The first kappa shape index (κ1) is 9.14. The van der Waals surface area contributed by atoms with Crippen LogP contribution in [0, 0.1) is 0 Å². The average molecular weight is 216 g/mol. The van der Waals surface area contributed by atoms with Gasteiger partial charge < -0.3 is 5.73 Å². The maximum atomic E-state index is 12.5. The SMILES string of the molecule is Nc1cccc2sc(=O)n(C(F)F)c12. The van der Waals surface area contributed by atoms with Crippen LogP contribution in [0.25, 0.3) is 10.2 Å². The van der Waals surface area contributed by atoms with Crippen molar-refractivity contribution in [2.75, 3.05) is 5.73 Å². The van der Waals surface area contributed by atoms with E-state index in [4.69, 9.17) is 5.73 Å². The fraction of sp³-hybridized carbons (Fsp3) is 0.125. The van der Waals surface area contributed by atoms with Crippen molar-refractivity contribution in [3.05, 3.63) is 27.9 Å². The van der Waals surface area contributed by atoms with Crippen molar-refractivity contribution in [3.63, 3.8) is 0 Å². The van der Waals surface area contributed by atoms with E-state index in [0.717, 1.165) is 11.3 Å². The van der Waals surface area contributed by atoms with Crippen molar-refractivity contribution in [1.82, 2.24) is 4.57 Å². The number of alkyl halides is 2. The zero-order chi connectivity index (χ0) is 10.3. The van der Waals surface area contributed by atoms with Gasteiger partial charge >= 0.3 is 11.4 Å². The molecular weight excluding hydrogens is 210 g/mol. The lowest BCUT2D eigenvalue weighted by atomic mass is 10.3. The van der Waals surface area contributed by atoms with E-state index in [1.807, 2.05) is 0 Å². The first-order valence-corrected chi connectivity index (χ1v) is 4.60. The molecule has 0 saturated heterocycles. The molecule has 1 aromatic heterocycles. The van der Waals surface area contributed by atoms with Gasteiger partial charge in [0.2, 0.25) is 0 Å². The number of anilines is 1. The number of thiazole rings is 1. The van der Waals surface area contributed by atoms with Gasteiger partial charge in [0.15, 0.2) is 0 Å². The second-order valence-corrected chi connectivity index (χ2v) is 3.70. The maximum absolute atomic E-state index is 12.5. The Kier molecular flexibility index (Phi) is 1.99. The zero-order valence-electron chi connectivity index (χ0n) is 6.91. The topological polar surface area (TPSA) is 48.0 Å². The Labute approximate surface area is 81.4 Å². The van der Waals surface area contributed by atoms with E-state index in [9.17, 15) is 13.6 Å². The Bertz CT molecular complexity index is 532. The van der Waals surface area contributed by atoms with Gasteiger partial charge in [0, 0.05) is 0 Å². The van der Waals surface area contributed by atoms with Crippen LogP contribution in [0.15, 0.2) is 23.0 Å². The summed E-state index contributed by atoms with van der Waals surface area (Å²) < 4.78 is 25.9. The van der Waals surface area contributed by atoms with E-state index < -0.39 is 11.4 Å². The molecule has 6 heteroatoms. The van der Waals surface area contributed by atoms with Crippen LogP contribution >= 0.6 is 11.3 Å². The van der Waals surface area contributed by atoms with Crippen molar-refractivity contribution >= 4 is 27.2 Å². The highest BCUT2D eigenvalue weighted by atomic mass is 32.1. The molecule has 0 amide bonds. The molecule has 1 heterocycles. The molecule has 14 heavy (non-hydrogen) atoms. The van der Waals surface area contributed by atoms with Gasteiger partial charge in [-0.15, -0.1) is 0 Å². The molecule has 0 bridgehead atoms. The number of fused-ring (bicyclic) bond motifs is 1. The van der Waals surface area contributed by atoms with Crippen molar-refractivity contribution in [2.24, 2.45) is 0 Å². The Morgan fingerprint density at radius 2 is 2.14 bits per heavy atom. The Morgan fingerprint density at radius 1 is 1.43 bits per heavy atom. The van der Waals surface area contributed by atoms with E-state index in [1.165, 1.54) is 6.07 Å². The van der Waals surface area contributed by atoms with Gasteiger partial charge in [-0.2, -0.15) is 8.78 Å². The highest BCUT2D eigenvalue weighted by Gasteiger charge is 2.16. The number of halogens is 2. The van der Waals surface area contributed by atoms with Crippen LogP contribution < -0.4 is 10.6 Å². The third-order valence-electron chi connectivity index (χ3n) is 1.86. The molecule has 0 aliphatic rings. The van der Waals surface area contributed by atoms with Crippen LogP contribution in [0.4, 0.5) is 14.5 Å². The third kappa shape index (κ3) is 1.19. The third-order valence-corrected chi connectivity index (χ3v) is 2.78. The Hall–Kier alpha value is -1.43. The van der Waals surface area contributed by atoms with Gasteiger partial charge in [-0.05, 0) is 12.1 Å². The van der Waals surface area contributed by atoms with Gasteiger partial charge in [-0.25, -0.2) is 4.57 Å². The fourth-order valence-corrected chi connectivity index (χ4v) is 2.21. The second kappa shape index (κ2) is 3.06. The first-order chi connectivity index (χ1) is 6.61. The normalized spacial score (nSPS) is 11.4. The van der Waals surface area contributed by atoms with Gasteiger partial charge in [0.05, 0.1) is 15.9 Å². The summed E-state index contributed by atoms with van der Waals surface area (Å²) in [6.45, 7) is -2.85. The fourth-order valence-electron chi connectivity index (χ4n) is 1.29. The number of hydrogen-bond acceptors (Lipinski definition) is 3. The predicted molar refractivity (Wildman–Crippen MR) is 51.8 cm³/mol. The standard InChI is InChI=1S/C8H6F2N2OS/c9-7(10)12-6-4(11)2-1-3-5(6)14-8(12)13/h1-3,7H,11H2. The minimum atomic E-state index is -2.85. The lowest BCUT2D eigenvalue weighted by Crippen LogP contribution is -2.13. The Balaban J connectivity index is 2.94. The molecule has 0 aliphatic carbocycles. The van der Waals surface area contributed by atoms with Crippen LogP contribution in [-0.2, 0) is 0 Å². The summed E-state index contributed by atoms with van der Waals surface area (Å²) in [4.78, 5) is 10.5. The number of rotatable bonds is 1. The van der Waals surface area contributed by atoms with Crippen molar-refractivity contribution in [1.29, 1.82) is 0 Å². The maximum Gasteiger partial charge on any atom is 0.322 e. The van der Waals surface area contributed by atoms with E-state index in [0.29, 0.717) is 9.27 Å². The molecule has 0 aliphatic heterocycles. The van der Waals surface area contributed by atoms with Gasteiger partial charge in [-0.3, -0.25) is 4.79 Å². The molecule has 1 aromatic carbocycles. The number of hydrogen-bond donors (Lipinski definition) is 1.